The van der Waals surface area contributed by atoms with Crippen molar-refractivity contribution in [3.05, 3.63) is 11.1 Å². The number of carbonyl (C=O) groups is 2. The van der Waals surface area contributed by atoms with Crippen LogP contribution in [0.15, 0.2) is 11.1 Å². The van der Waals surface area contributed by atoms with E-state index in [-0.39, 0.29) is 11.1 Å². The van der Waals surface area contributed by atoms with Crippen LogP contribution in [0.3, 0.4) is 0 Å². The van der Waals surface area contributed by atoms with Crippen molar-refractivity contribution in [3.63, 3.8) is 0 Å². The maximum absolute atomic E-state index is 11.1. The average molecular weight is 186 g/mol. The molecule has 0 aromatic heterocycles. The third-order valence-electron chi connectivity index (χ3n) is 1.96. The van der Waals surface area contributed by atoms with Crippen molar-refractivity contribution >= 4 is 11.9 Å². The average Bonchev–Trinajstić information content (AvgIpc) is 2.21. The Bertz CT molecular complexity index is 300. The fourth-order valence-corrected chi connectivity index (χ4v) is 1.03. The van der Waals surface area contributed by atoms with E-state index in [9.17, 15) is 14.7 Å². The molecule has 0 spiro atoms. The fraction of sp³-hybridized carbons (Fsp3) is 0.500. The summed E-state index contributed by atoms with van der Waals surface area (Å²) in [7, 11) is 1.16. The summed E-state index contributed by atoms with van der Waals surface area (Å²) in [6.45, 7) is 2.73. The minimum Gasteiger partial charge on any atom is -0.465 e. The molecule has 0 aromatic carbocycles. The molecule has 5 heteroatoms. The summed E-state index contributed by atoms with van der Waals surface area (Å²) in [5, 5.41) is 9.44. The zero-order valence-electron chi connectivity index (χ0n) is 7.58. The highest BCUT2D eigenvalue weighted by molar-refractivity contribution is 6.16. The Morgan fingerprint density at radius 2 is 2.15 bits per heavy atom. The van der Waals surface area contributed by atoms with Crippen molar-refractivity contribution in [1.82, 2.24) is 0 Å². The van der Waals surface area contributed by atoms with Crippen molar-refractivity contribution in [2.24, 2.45) is 0 Å². The molecule has 1 unspecified atom stereocenters. The van der Waals surface area contributed by atoms with Gasteiger partial charge in [0.25, 0.3) is 0 Å². The molecule has 1 aliphatic rings. The molecule has 1 atom stereocenters. The first-order chi connectivity index (χ1) is 5.90. The lowest BCUT2D eigenvalue weighted by Crippen LogP contribution is -2.25. The molecule has 0 aromatic rings. The third-order valence-corrected chi connectivity index (χ3v) is 1.96. The lowest BCUT2D eigenvalue weighted by atomic mass is 10.1. The molecule has 1 heterocycles. The number of rotatable bonds is 1. The van der Waals surface area contributed by atoms with Crippen LogP contribution in [-0.2, 0) is 19.1 Å². The number of ether oxygens (including phenoxy) is 2. The minimum absolute atomic E-state index is 0.171. The lowest BCUT2D eigenvalue weighted by Gasteiger charge is -2.15. The smallest absolute Gasteiger partial charge is 0.348 e. The first-order valence-corrected chi connectivity index (χ1v) is 3.65. The van der Waals surface area contributed by atoms with Gasteiger partial charge in [0.2, 0.25) is 5.79 Å². The fourth-order valence-electron chi connectivity index (χ4n) is 1.03. The Morgan fingerprint density at radius 3 is 2.46 bits per heavy atom. The molecule has 0 aliphatic carbocycles. The van der Waals surface area contributed by atoms with Gasteiger partial charge in [0.05, 0.1) is 7.11 Å². The van der Waals surface area contributed by atoms with E-state index in [4.69, 9.17) is 0 Å². The van der Waals surface area contributed by atoms with Crippen LogP contribution < -0.4 is 0 Å². The van der Waals surface area contributed by atoms with Crippen molar-refractivity contribution in [2.45, 2.75) is 19.6 Å². The molecule has 0 saturated heterocycles. The minimum atomic E-state index is -1.69. The quantitative estimate of drug-likeness (QED) is 0.451. The van der Waals surface area contributed by atoms with E-state index in [2.05, 4.69) is 9.47 Å². The van der Waals surface area contributed by atoms with E-state index in [0.29, 0.717) is 0 Å². The molecule has 13 heavy (non-hydrogen) atoms. The van der Waals surface area contributed by atoms with Crippen molar-refractivity contribution in [1.29, 1.82) is 0 Å². The highest BCUT2D eigenvalue weighted by atomic mass is 16.7. The number of cyclic esters (lactones) is 1. The number of methoxy groups -OCH3 is 1. The predicted molar refractivity (Wildman–Crippen MR) is 41.4 cm³/mol. The van der Waals surface area contributed by atoms with Crippen LogP contribution in [0.25, 0.3) is 0 Å². The normalized spacial score (nSPS) is 27.5. The molecule has 0 saturated carbocycles. The molecule has 1 rings (SSSR count). The van der Waals surface area contributed by atoms with Crippen molar-refractivity contribution in [2.75, 3.05) is 7.11 Å². The zero-order valence-corrected chi connectivity index (χ0v) is 7.58. The molecule has 72 valence electrons. The number of carbonyl (C=O) groups excluding carboxylic acids is 2. The maximum atomic E-state index is 11.1. The van der Waals surface area contributed by atoms with Gasteiger partial charge >= 0.3 is 11.9 Å². The van der Waals surface area contributed by atoms with Crippen molar-refractivity contribution < 1.29 is 24.2 Å². The van der Waals surface area contributed by atoms with Gasteiger partial charge in [-0.15, -0.1) is 0 Å². The van der Waals surface area contributed by atoms with E-state index < -0.39 is 17.7 Å². The van der Waals surface area contributed by atoms with E-state index in [1.54, 1.807) is 0 Å². The standard InChI is InChI=1S/C8H10O5/c1-4-5(6(9)12-3)7(10)13-8(4,2)11/h11H,1-3H3. The van der Waals surface area contributed by atoms with Gasteiger partial charge in [0.15, 0.2) is 0 Å². The van der Waals surface area contributed by atoms with Crippen molar-refractivity contribution in [3.8, 4) is 0 Å². The summed E-state index contributed by atoms with van der Waals surface area (Å²) in [4.78, 5) is 22.1. The van der Waals surface area contributed by atoms with Crippen LogP contribution in [0.2, 0.25) is 0 Å². The molecule has 0 bridgehead atoms. The van der Waals surface area contributed by atoms with E-state index in [1.165, 1.54) is 13.8 Å². The van der Waals surface area contributed by atoms with Gasteiger partial charge in [0, 0.05) is 12.5 Å². The SMILES string of the molecule is COC(=O)C1=C(C)C(C)(O)OC1=O. The molecule has 0 fully saturated rings. The molecule has 0 radical (unpaired) electrons. The largest absolute Gasteiger partial charge is 0.465 e. The summed E-state index contributed by atoms with van der Waals surface area (Å²) in [5.74, 6) is -3.34. The topological polar surface area (TPSA) is 72.8 Å². The molecular formula is C8H10O5. The van der Waals surface area contributed by atoms with Crippen LogP contribution >= 0.6 is 0 Å². The summed E-state index contributed by atoms with van der Waals surface area (Å²) in [6.07, 6.45) is 0. The highest BCUT2D eigenvalue weighted by Gasteiger charge is 2.43. The molecule has 5 nitrogen and oxygen atoms in total. The Balaban J connectivity index is 3.13. The number of hydrogen-bond acceptors (Lipinski definition) is 5. The third kappa shape index (κ3) is 1.42. The van der Waals surface area contributed by atoms with Crippen LogP contribution in [0, 0.1) is 0 Å². The summed E-state index contributed by atoms with van der Waals surface area (Å²) >= 11 is 0. The summed E-state index contributed by atoms with van der Waals surface area (Å²) in [6, 6.07) is 0. The molecule has 0 amide bonds. The zero-order chi connectivity index (χ0) is 10.2. The van der Waals surface area contributed by atoms with Gasteiger partial charge in [0.1, 0.15) is 5.57 Å². The molecular weight excluding hydrogens is 176 g/mol. The van der Waals surface area contributed by atoms with E-state index in [1.807, 2.05) is 0 Å². The second kappa shape index (κ2) is 2.85. The Labute approximate surface area is 74.9 Å². The predicted octanol–water partition coefficient (Wildman–Crippen LogP) is -0.259. The van der Waals surface area contributed by atoms with Crippen LogP contribution in [0.5, 0.6) is 0 Å². The highest BCUT2D eigenvalue weighted by Crippen LogP contribution is 2.30. The lowest BCUT2D eigenvalue weighted by molar-refractivity contribution is -0.175. The summed E-state index contributed by atoms with van der Waals surface area (Å²) < 4.78 is 8.90. The van der Waals surface area contributed by atoms with Gasteiger partial charge < -0.3 is 14.6 Å². The number of aliphatic hydroxyl groups is 1. The molecule has 1 N–H and O–H groups in total. The first kappa shape index (κ1) is 9.73. The van der Waals surface area contributed by atoms with Gasteiger partial charge in [-0.3, -0.25) is 0 Å². The Morgan fingerprint density at radius 1 is 1.62 bits per heavy atom. The second-order valence-electron chi connectivity index (χ2n) is 2.86. The molecule has 1 aliphatic heterocycles. The van der Waals surface area contributed by atoms with Crippen LogP contribution in [0.1, 0.15) is 13.8 Å². The van der Waals surface area contributed by atoms with E-state index >= 15 is 0 Å². The van der Waals surface area contributed by atoms with Gasteiger partial charge in [-0.05, 0) is 6.92 Å². The maximum Gasteiger partial charge on any atom is 0.348 e. The number of hydrogen-bond donors (Lipinski definition) is 1. The van der Waals surface area contributed by atoms with E-state index in [0.717, 1.165) is 7.11 Å². The van der Waals surface area contributed by atoms with Crippen LogP contribution in [-0.4, -0.2) is 29.9 Å². The van der Waals surface area contributed by atoms with Crippen LogP contribution in [0.4, 0.5) is 0 Å². The monoisotopic (exact) mass is 186 g/mol. The van der Waals surface area contributed by atoms with Gasteiger partial charge in [-0.25, -0.2) is 9.59 Å². The van der Waals surface area contributed by atoms with Gasteiger partial charge in [-0.1, -0.05) is 0 Å². The Hall–Kier alpha value is -1.36. The summed E-state index contributed by atoms with van der Waals surface area (Å²) in [5.41, 5.74) is -0.0585. The Kier molecular flexibility index (Phi) is 2.13. The van der Waals surface area contributed by atoms with Gasteiger partial charge in [-0.2, -0.15) is 0 Å². The first-order valence-electron chi connectivity index (χ1n) is 3.65. The number of esters is 2. The second-order valence-corrected chi connectivity index (χ2v) is 2.86.